The number of hydrogen-bond donors (Lipinski definition) is 4. The van der Waals surface area contributed by atoms with Gasteiger partial charge in [-0.25, -0.2) is 0 Å². The smallest absolute Gasteiger partial charge is 0.253 e. The quantitative estimate of drug-likeness (QED) is 0.455. The van der Waals surface area contributed by atoms with Gasteiger partial charge in [-0.05, 0) is 74.8 Å². The Morgan fingerprint density at radius 1 is 1.17 bits per heavy atom. The normalized spacial score (nSPS) is 34.3. The number of hydrogen-bond acceptors (Lipinski definition) is 5. The van der Waals surface area contributed by atoms with Crippen molar-refractivity contribution in [1.29, 1.82) is 0 Å². The molecule has 1 amide bonds. The van der Waals surface area contributed by atoms with Gasteiger partial charge in [0.1, 0.15) is 6.10 Å². The van der Waals surface area contributed by atoms with Gasteiger partial charge in [-0.2, -0.15) is 0 Å². The van der Waals surface area contributed by atoms with Crippen LogP contribution in [0.1, 0.15) is 53.6 Å². The number of fused-ring (bicyclic) bond motifs is 1. The van der Waals surface area contributed by atoms with Gasteiger partial charge in [0, 0.05) is 29.7 Å². The summed E-state index contributed by atoms with van der Waals surface area (Å²) in [5.74, 6) is 1.25. The number of nitrogens with zero attached hydrogens (tertiary/aromatic N) is 1. The van der Waals surface area contributed by atoms with E-state index >= 15 is 0 Å². The Morgan fingerprint density at radius 3 is 2.92 bits per heavy atom. The van der Waals surface area contributed by atoms with E-state index in [9.17, 15) is 15.0 Å². The molecule has 8 rings (SSSR count). The predicted molar refractivity (Wildman–Crippen MR) is 134 cm³/mol. The van der Waals surface area contributed by atoms with Crippen molar-refractivity contribution in [3.8, 4) is 11.5 Å². The van der Waals surface area contributed by atoms with Gasteiger partial charge in [0.05, 0.1) is 28.1 Å². The first kappa shape index (κ1) is 21.1. The topological polar surface area (TPSA) is 97.8 Å². The molecule has 0 unspecified atom stereocenters. The van der Waals surface area contributed by atoms with Crippen molar-refractivity contribution in [2.45, 2.75) is 67.7 Å². The van der Waals surface area contributed by atoms with Crippen LogP contribution in [0, 0.1) is 5.92 Å². The number of phenols is 1. The van der Waals surface area contributed by atoms with Gasteiger partial charge in [0.25, 0.3) is 5.91 Å². The van der Waals surface area contributed by atoms with Crippen molar-refractivity contribution in [2.75, 3.05) is 13.1 Å². The fourth-order valence-corrected chi connectivity index (χ4v) is 8.15. The van der Waals surface area contributed by atoms with E-state index in [1.807, 2.05) is 36.5 Å². The Bertz CT molecular complexity index is 1410. The van der Waals surface area contributed by atoms with Crippen LogP contribution in [0.2, 0.25) is 0 Å². The van der Waals surface area contributed by atoms with Gasteiger partial charge in [-0.1, -0.05) is 18.2 Å². The second-order valence-corrected chi connectivity index (χ2v) is 11.7. The summed E-state index contributed by atoms with van der Waals surface area (Å²) in [6, 6.07) is 11.2. The standard InChI is InChI=1S/C29H31N3O4/c33-21-7-6-18-14-22-29(35)10-8-20(31-27(34)19-3-1-2-17-9-12-30-24(17)19)26-28(29,23(18)25(21)36-26)11-13-32(22)15-16-4-5-16/h1-3,6-7,9,12,16,20,22,26,30,33,35H,4-5,8,10-11,13-15H2,(H,31,34)/t20-,22-,26+,28+,29-/m1/s1. The second-order valence-electron chi connectivity index (χ2n) is 11.7. The van der Waals surface area contributed by atoms with E-state index in [2.05, 4.69) is 15.2 Å². The molecule has 0 radical (unpaired) electrons. The lowest BCUT2D eigenvalue weighted by molar-refractivity contribution is -0.191. The van der Waals surface area contributed by atoms with Gasteiger partial charge in [0.2, 0.25) is 0 Å². The monoisotopic (exact) mass is 485 g/mol. The highest BCUT2D eigenvalue weighted by Crippen LogP contribution is 2.65. The molecule has 5 atom stereocenters. The fourth-order valence-electron chi connectivity index (χ4n) is 8.15. The Hall–Kier alpha value is -3.03. The van der Waals surface area contributed by atoms with Crippen LogP contribution in [0.5, 0.6) is 11.5 Å². The zero-order chi connectivity index (χ0) is 24.2. The molecule has 1 aromatic heterocycles. The highest BCUT2D eigenvalue weighted by Gasteiger charge is 2.73. The third kappa shape index (κ3) is 2.57. The number of rotatable bonds is 4. The number of amides is 1. The number of carbonyl (C=O) groups is 1. The Kier molecular flexibility index (Phi) is 4.13. The molecule has 36 heavy (non-hydrogen) atoms. The highest BCUT2D eigenvalue weighted by atomic mass is 16.5. The molecule has 2 aromatic carbocycles. The molecule has 2 saturated carbocycles. The number of phenolic OH excluding ortho intramolecular Hbond substituents is 1. The van der Waals surface area contributed by atoms with E-state index in [0.717, 1.165) is 48.3 Å². The highest BCUT2D eigenvalue weighted by molar-refractivity contribution is 6.05. The number of ether oxygens (including phenoxy) is 1. The van der Waals surface area contributed by atoms with Crippen LogP contribution in [0.25, 0.3) is 10.9 Å². The Labute approximate surface area is 209 Å². The van der Waals surface area contributed by atoms with Gasteiger partial charge in [0.15, 0.2) is 11.5 Å². The second kappa shape index (κ2) is 7.05. The largest absolute Gasteiger partial charge is 0.504 e. The van der Waals surface area contributed by atoms with Gasteiger partial charge >= 0.3 is 0 Å². The zero-order valence-corrected chi connectivity index (χ0v) is 20.2. The van der Waals surface area contributed by atoms with Gasteiger partial charge in [-0.15, -0.1) is 0 Å². The van der Waals surface area contributed by atoms with Crippen LogP contribution in [-0.4, -0.2) is 62.9 Å². The van der Waals surface area contributed by atoms with Crippen molar-refractivity contribution in [2.24, 2.45) is 5.92 Å². The van der Waals surface area contributed by atoms with Crippen LogP contribution >= 0.6 is 0 Å². The number of H-pyrrole nitrogens is 1. The molecule has 3 aromatic rings. The summed E-state index contributed by atoms with van der Waals surface area (Å²) in [5, 5.41) is 27.7. The molecule has 4 N–H and O–H groups in total. The van der Waals surface area contributed by atoms with Crippen molar-refractivity contribution >= 4 is 16.8 Å². The van der Waals surface area contributed by atoms with Crippen LogP contribution in [0.3, 0.4) is 0 Å². The van der Waals surface area contributed by atoms with Gasteiger partial charge < -0.3 is 25.3 Å². The minimum Gasteiger partial charge on any atom is -0.504 e. The van der Waals surface area contributed by atoms with Crippen LogP contribution in [0.15, 0.2) is 42.6 Å². The first-order valence-corrected chi connectivity index (χ1v) is 13.3. The number of aromatic nitrogens is 1. The lowest BCUT2D eigenvalue weighted by atomic mass is 9.48. The fraction of sp³-hybridized carbons (Fsp3) is 0.483. The summed E-state index contributed by atoms with van der Waals surface area (Å²) < 4.78 is 6.57. The minimum atomic E-state index is -0.947. The molecule has 1 spiro atoms. The number of benzene rings is 2. The molecule has 3 fully saturated rings. The minimum absolute atomic E-state index is 0.0326. The van der Waals surface area contributed by atoms with E-state index in [-0.39, 0.29) is 23.7 Å². The molecule has 3 heterocycles. The maximum absolute atomic E-state index is 13.5. The number of likely N-dealkylation sites (tertiary alicyclic amines) is 1. The molecule has 7 heteroatoms. The SMILES string of the molecule is O=C(N[C@@H]1CC[C@@]2(O)[C@H]3Cc4ccc(O)c5c4[C@@]2(CCN3CC2CC2)[C@H]1O5)c1cccc2cc[nH]c12. The molecule has 186 valence electrons. The summed E-state index contributed by atoms with van der Waals surface area (Å²) in [7, 11) is 0. The lowest BCUT2D eigenvalue weighted by Gasteiger charge is -2.64. The first-order valence-electron chi connectivity index (χ1n) is 13.3. The van der Waals surface area contributed by atoms with Crippen molar-refractivity contribution in [3.63, 3.8) is 0 Å². The first-order chi connectivity index (χ1) is 17.5. The summed E-state index contributed by atoms with van der Waals surface area (Å²) in [6.45, 7) is 1.95. The van der Waals surface area contributed by atoms with Gasteiger partial charge in [-0.3, -0.25) is 9.69 Å². The molecular formula is C29H31N3O4. The molecule has 2 aliphatic heterocycles. The number of para-hydroxylation sites is 1. The Morgan fingerprint density at radius 2 is 2.06 bits per heavy atom. The average molecular weight is 486 g/mol. The Balaban J connectivity index is 1.20. The van der Waals surface area contributed by atoms with E-state index < -0.39 is 17.1 Å². The zero-order valence-electron chi connectivity index (χ0n) is 20.2. The lowest BCUT2D eigenvalue weighted by Crippen LogP contribution is -2.78. The molecule has 2 bridgehead atoms. The molecule has 7 nitrogen and oxygen atoms in total. The maximum atomic E-state index is 13.5. The maximum Gasteiger partial charge on any atom is 0.253 e. The third-order valence-corrected chi connectivity index (χ3v) is 9.91. The summed E-state index contributed by atoms with van der Waals surface area (Å²) in [5.41, 5.74) is 2.01. The molecule has 5 aliphatic rings. The van der Waals surface area contributed by atoms with Crippen molar-refractivity contribution in [1.82, 2.24) is 15.2 Å². The van der Waals surface area contributed by atoms with E-state index in [0.29, 0.717) is 24.2 Å². The van der Waals surface area contributed by atoms with E-state index in [4.69, 9.17) is 4.74 Å². The molecule has 3 aliphatic carbocycles. The van der Waals surface area contributed by atoms with Crippen LogP contribution in [-0.2, 0) is 11.8 Å². The molecule has 1 saturated heterocycles. The number of aliphatic hydroxyl groups is 1. The number of carbonyl (C=O) groups excluding carboxylic acids is 1. The van der Waals surface area contributed by atoms with Crippen molar-refractivity contribution in [3.05, 3.63) is 59.3 Å². The third-order valence-electron chi connectivity index (χ3n) is 9.91. The summed E-state index contributed by atoms with van der Waals surface area (Å²) >= 11 is 0. The predicted octanol–water partition coefficient (Wildman–Crippen LogP) is 3.24. The average Bonchev–Trinajstić information content (AvgIpc) is 3.41. The number of aromatic amines is 1. The van der Waals surface area contributed by atoms with Crippen LogP contribution < -0.4 is 10.1 Å². The number of aromatic hydroxyl groups is 1. The van der Waals surface area contributed by atoms with Crippen LogP contribution in [0.4, 0.5) is 0 Å². The number of nitrogens with one attached hydrogen (secondary N) is 2. The van der Waals surface area contributed by atoms with Crippen molar-refractivity contribution < 1.29 is 19.7 Å². The molecular weight excluding hydrogens is 454 g/mol. The van der Waals surface area contributed by atoms with E-state index in [1.54, 1.807) is 6.07 Å². The summed E-state index contributed by atoms with van der Waals surface area (Å²) in [6.07, 6.45) is 6.77. The summed E-state index contributed by atoms with van der Waals surface area (Å²) in [4.78, 5) is 19.3. The van der Waals surface area contributed by atoms with E-state index in [1.165, 1.54) is 18.4 Å². The number of piperidine rings is 1.